The third-order valence-corrected chi connectivity index (χ3v) is 4.78. The number of ether oxygens (including phenoxy) is 1. The van der Waals surface area contributed by atoms with Gasteiger partial charge in [0.2, 0.25) is 10.0 Å². The van der Waals surface area contributed by atoms with E-state index in [0.29, 0.717) is 0 Å². The molecule has 132 valence electrons. The molecule has 1 rings (SSSR count). The minimum Gasteiger partial charge on any atom is -0.406 e. The fourth-order valence-corrected chi connectivity index (χ4v) is 3.28. The Morgan fingerprint density at radius 1 is 1.26 bits per heavy atom. The molecule has 0 bridgehead atoms. The standard InChI is InChI=1S/C14H21F3N2O3S/c1-4-19(5-2)11(3)10-18-23(20,21)13-8-6-7-12(9-13)22-14(15,16)17/h6-9,11,18H,4-5,10H2,1-3H3. The maximum Gasteiger partial charge on any atom is 0.573 e. The Balaban J connectivity index is 2.82. The van der Waals surface area contributed by atoms with Gasteiger partial charge in [-0.25, -0.2) is 13.1 Å². The van der Waals surface area contributed by atoms with Crippen molar-refractivity contribution in [2.45, 2.75) is 38.1 Å². The largest absolute Gasteiger partial charge is 0.573 e. The van der Waals surface area contributed by atoms with E-state index in [4.69, 9.17) is 0 Å². The molecule has 1 aromatic rings. The Labute approximate surface area is 134 Å². The zero-order chi connectivity index (χ0) is 17.7. The van der Waals surface area contributed by atoms with Crippen molar-refractivity contribution >= 4 is 10.0 Å². The lowest BCUT2D eigenvalue weighted by Gasteiger charge is -2.26. The van der Waals surface area contributed by atoms with Crippen molar-refractivity contribution in [1.82, 2.24) is 9.62 Å². The molecule has 0 spiro atoms. The number of hydrogen-bond acceptors (Lipinski definition) is 4. The smallest absolute Gasteiger partial charge is 0.406 e. The van der Waals surface area contributed by atoms with E-state index in [1.54, 1.807) is 0 Å². The van der Waals surface area contributed by atoms with Gasteiger partial charge in [0, 0.05) is 18.7 Å². The van der Waals surface area contributed by atoms with Crippen LogP contribution in [0.25, 0.3) is 0 Å². The normalized spacial score (nSPS) is 14.0. The third-order valence-electron chi connectivity index (χ3n) is 3.35. The molecule has 0 aliphatic rings. The number of likely N-dealkylation sites (N-methyl/N-ethyl adjacent to an activating group) is 1. The van der Waals surface area contributed by atoms with E-state index in [9.17, 15) is 21.6 Å². The molecule has 0 radical (unpaired) electrons. The van der Waals surface area contributed by atoms with Gasteiger partial charge in [-0.3, -0.25) is 4.90 Å². The molecule has 5 nitrogen and oxygen atoms in total. The first kappa shape index (κ1) is 19.7. The summed E-state index contributed by atoms with van der Waals surface area (Å²) in [6, 6.07) is 4.27. The van der Waals surface area contributed by atoms with Crippen LogP contribution in [0.1, 0.15) is 20.8 Å². The van der Waals surface area contributed by atoms with Crippen molar-refractivity contribution in [3.63, 3.8) is 0 Å². The van der Waals surface area contributed by atoms with Gasteiger partial charge in [-0.15, -0.1) is 13.2 Å². The van der Waals surface area contributed by atoms with Gasteiger partial charge in [0.05, 0.1) is 4.90 Å². The molecule has 0 aliphatic heterocycles. The number of benzene rings is 1. The second kappa shape index (κ2) is 7.98. The first-order chi connectivity index (χ1) is 10.6. The van der Waals surface area contributed by atoms with E-state index >= 15 is 0 Å². The molecule has 1 atom stereocenters. The van der Waals surface area contributed by atoms with Crippen LogP contribution in [-0.4, -0.2) is 45.4 Å². The Bertz CT molecular complexity index is 602. The van der Waals surface area contributed by atoms with Crippen molar-refractivity contribution in [2.24, 2.45) is 0 Å². The molecule has 0 aromatic heterocycles. The number of sulfonamides is 1. The van der Waals surface area contributed by atoms with E-state index in [0.717, 1.165) is 25.2 Å². The summed E-state index contributed by atoms with van der Waals surface area (Å²) in [6.45, 7) is 7.51. The second-order valence-electron chi connectivity index (χ2n) is 4.94. The summed E-state index contributed by atoms with van der Waals surface area (Å²) < 4.78 is 67.1. The zero-order valence-electron chi connectivity index (χ0n) is 13.2. The van der Waals surface area contributed by atoms with Gasteiger partial charge in [-0.05, 0) is 32.1 Å². The predicted octanol–water partition coefficient (Wildman–Crippen LogP) is 2.59. The molecule has 0 heterocycles. The number of alkyl halides is 3. The molecular weight excluding hydrogens is 333 g/mol. The number of hydrogen-bond donors (Lipinski definition) is 1. The Morgan fingerprint density at radius 2 is 1.87 bits per heavy atom. The molecule has 1 aromatic carbocycles. The predicted molar refractivity (Wildman–Crippen MR) is 80.7 cm³/mol. The van der Waals surface area contributed by atoms with Crippen LogP contribution in [0, 0.1) is 0 Å². The summed E-state index contributed by atoms with van der Waals surface area (Å²) in [4.78, 5) is 1.79. The number of halogens is 3. The lowest BCUT2D eigenvalue weighted by atomic mass is 10.3. The van der Waals surface area contributed by atoms with Gasteiger partial charge in [-0.1, -0.05) is 19.9 Å². The third kappa shape index (κ3) is 6.36. The van der Waals surface area contributed by atoms with E-state index in [1.807, 2.05) is 20.8 Å². The summed E-state index contributed by atoms with van der Waals surface area (Å²) in [6.07, 6.45) is -4.87. The van der Waals surface area contributed by atoms with Crippen LogP contribution in [0.3, 0.4) is 0 Å². The molecule has 0 saturated carbocycles. The highest BCUT2D eigenvalue weighted by Crippen LogP contribution is 2.24. The molecule has 0 fully saturated rings. The summed E-state index contributed by atoms with van der Waals surface area (Å²) in [5.74, 6) is -0.572. The second-order valence-corrected chi connectivity index (χ2v) is 6.71. The van der Waals surface area contributed by atoms with Crippen molar-refractivity contribution in [1.29, 1.82) is 0 Å². The highest BCUT2D eigenvalue weighted by molar-refractivity contribution is 7.89. The lowest BCUT2D eigenvalue weighted by Crippen LogP contribution is -2.41. The molecule has 0 saturated heterocycles. The average Bonchev–Trinajstić information content (AvgIpc) is 2.45. The highest BCUT2D eigenvalue weighted by atomic mass is 32.2. The van der Waals surface area contributed by atoms with Crippen LogP contribution in [0.2, 0.25) is 0 Å². The Hall–Kier alpha value is -1.32. The monoisotopic (exact) mass is 354 g/mol. The molecule has 0 amide bonds. The molecule has 1 unspecified atom stereocenters. The van der Waals surface area contributed by atoms with Crippen molar-refractivity contribution < 1.29 is 26.3 Å². The molecule has 0 aliphatic carbocycles. The SMILES string of the molecule is CCN(CC)C(C)CNS(=O)(=O)c1cccc(OC(F)(F)F)c1. The minimum absolute atomic E-state index is 0.0330. The van der Waals surface area contributed by atoms with Crippen LogP contribution in [0.5, 0.6) is 5.75 Å². The van der Waals surface area contributed by atoms with E-state index in [-0.39, 0.29) is 17.5 Å². The fourth-order valence-electron chi connectivity index (χ4n) is 2.13. The van der Waals surface area contributed by atoms with E-state index < -0.39 is 22.1 Å². The highest BCUT2D eigenvalue weighted by Gasteiger charge is 2.31. The van der Waals surface area contributed by atoms with Gasteiger partial charge >= 0.3 is 6.36 Å². The summed E-state index contributed by atoms with van der Waals surface area (Å²) >= 11 is 0. The van der Waals surface area contributed by atoms with Crippen molar-refractivity contribution in [3.05, 3.63) is 24.3 Å². The summed E-state index contributed by atoms with van der Waals surface area (Å²) in [7, 11) is -3.91. The van der Waals surface area contributed by atoms with Crippen LogP contribution in [0.4, 0.5) is 13.2 Å². The van der Waals surface area contributed by atoms with Crippen LogP contribution < -0.4 is 9.46 Å². The molecule has 23 heavy (non-hydrogen) atoms. The first-order valence-electron chi connectivity index (χ1n) is 7.18. The van der Waals surface area contributed by atoms with Crippen molar-refractivity contribution in [2.75, 3.05) is 19.6 Å². The van der Waals surface area contributed by atoms with Gasteiger partial charge in [0.15, 0.2) is 0 Å². The fraction of sp³-hybridized carbons (Fsp3) is 0.571. The zero-order valence-corrected chi connectivity index (χ0v) is 14.0. The number of rotatable bonds is 8. The number of nitrogens with one attached hydrogen (secondary N) is 1. The van der Waals surface area contributed by atoms with Gasteiger partial charge < -0.3 is 4.74 Å². The molecule has 1 N–H and O–H groups in total. The quantitative estimate of drug-likeness (QED) is 0.780. The van der Waals surface area contributed by atoms with E-state index in [1.165, 1.54) is 12.1 Å². The van der Waals surface area contributed by atoms with Gasteiger partial charge in [0.25, 0.3) is 0 Å². The maximum atomic E-state index is 12.2. The Morgan fingerprint density at radius 3 is 2.39 bits per heavy atom. The summed E-state index contributed by atoms with van der Waals surface area (Å²) in [5.41, 5.74) is 0. The summed E-state index contributed by atoms with van der Waals surface area (Å²) in [5, 5.41) is 0. The van der Waals surface area contributed by atoms with Gasteiger partial charge in [-0.2, -0.15) is 0 Å². The lowest BCUT2D eigenvalue weighted by molar-refractivity contribution is -0.274. The van der Waals surface area contributed by atoms with E-state index in [2.05, 4.69) is 14.4 Å². The van der Waals surface area contributed by atoms with Gasteiger partial charge in [0.1, 0.15) is 5.75 Å². The van der Waals surface area contributed by atoms with Crippen LogP contribution >= 0.6 is 0 Å². The van der Waals surface area contributed by atoms with Crippen molar-refractivity contribution in [3.8, 4) is 5.75 Å². The number of nitrogens with zero attached hydrogens (tertiary/aromatic N) is 1. The minimum atomic E-state index is -4.87. The van der Waals surface area contributed by atoms with Crippen LogP contribution in [-0.2, 0) is 10.0 Å². The topological polar surface area (TPSA) is 58.6 Å². The average molecular weight is 354 g/mol. The molecule has 9 heteroatoms. The first-order valence-corrected chi connectivity index (χ1v) is 8.67. The molecular formula is C14H21F3N2O3S. The maximum absolute atomic E-state index is 12.2. The Kier molecular flexibility index (Phi) is 6.84. The van der Waals surface area contributed by atoms with Crippen LogP contribution in [0.15, 0.2) is 29.2 Å².